The smallest absolute Gasteiger partial charge is 0.337 e. The van der Waals surface area contributed by atoms with E-state index in [2.05, 4.69) is 15.9 Å². The lowest BCUT2D eigenvalue weighted by atomic mass is 10.2. The van der Waals surface area contributed by atoms with Gasteiger partial charge in [0.15, 0.2) is 0 Å². The summed E-state index contributed by atoms with van der Waals surface area (Å²) in [4.78, 5) is 22.8. The third-order valence-electron chi connectivity index (χ3n) is 2.49. The molecule has 1 heterocycles. The maximum absolute atomic E-state index is 11.9. The topological polar surface area (TPSA) is 59.3 Å². The van der Waals surface area contributed by atoms with Crippen LogP contribution in [0.3, 0.4) is 0 Å². The third kappa shape index (κ3) is 2.68. The number of halogens is 1. The van der Waals surface area contributed by atoms with E-state index in [1.807, 2.05) is 30.3 Å². The number of hydrogen-bond acceptors (Lipinski definition) is 2. The molecule has 1 aromatic carbocycles. The monoisotopic (exact) mass is 307 g/mol. The summed E-state index contributed by atoms with van der Waals surface area (Å²) in [6.07, 6.45) is 1.35. The van der Waals surface area contributed by atoms with E-state index in [1.54, 1.807) is 0 Å². The van der Waals surface area contributed by atoms with Crippen molar-refractivity contribution in [1.82, 2.24) is 4.57 Å². The van der Waals surface area contributed by atoms with Gasteiger partial charge in [0.05, 0.1) is 16.6 Å². The van der Waals surface area contributed by atoms with E-state index in [0.29, 0.717) is 6.54 Å². The fourth-order valence-corrected chi connectivity index (χ4v) is 2.09. The predicted molar refractivity (Wildman–Crippen MR) is 70.9 cm³/mol. The quantitative estimate of drug-likeness (QED) is 0.947. The van der Waals surface area contributed by atoms with Crippen molar-refractivity contribution in [2.75, 3.05) is 0 Å². The molecule has 92 valence electrons. The highest BCUT2D eigenvalue weighted by Gasteiger charge is 2.09. The molecule has 5 heteroatoms. The van der Waals surface area contributed by atoms with Crippen molar-refractivity contribution in [2.24, 2.45) is 0 Å². The first-order valence-electron chi connectivity index (χ1n) is 5.25. The molecule has 0 amide bonds. The van der Waals surface area contributed by atoms with Crippen molar-refractivity contribution in [1.29, 1.82) is 0 Å². The summed E-state index contributed by atoms with van der Waals surface area (Å²) in [5.74, 6) is -1.06. The summed E-state index contributed by atoms with van der Waals surface area (Å²) in [6.45, 7) is 0.347. The van der Waals surface area contributed by atoms with Crippen LogP contribution in [0.4, 0.5) is 0 Å². The van der Waals surface area contributed by atoms with E-state index < -0.39 is 5.97 Å². The first-order chi connectivity index (χ1) is 8.58. The third-order valence-corrected chi connectivity index (χ3v) is 3.05. The van der Waals surface area contributed by atoms with E-state index >= 15 is 0 Å². The van der Waals surface area contributed by atoms with E-state index in [9.17, 15) is 9.59 Å². The molecule has 2 rings (SSSR count). The molecule has 0 saturated heterocycles. The second-order valence-corrected chi connectivity index (χ2v) is 4.65. The lowest BCUT2D eigenvalue weighted by molar-refractivity contribution is 0.0695. The maximum Gasteiger partial charge on any atom is 0.337 e. The van der Waals surface area contributed by atoms with Gasteiger partial charge in [-0.05, 0) is 27.6 Å². The van der Waals surface area contributed by atoms with Crippen LogP contribution in [-0.4, -0.2) is 15.6 Å². The summed E-state index contributed by atoms with van der Waals surface area (Å²) < 4.78 is 1.63. The molecule has 1 N–H and O–H groups in total. The van der Waals surface area contributed by atoms with Gasteiger partial charge in [0.1, 0.15) is 0 Å². The SMILES string of the molecule is O=C(O)c1cc(Br)c(=O)n(Cc2ccccc2)c1. The normalized spacial score (nSPS) is 10.3. The van der Waals surface area contributed by atoms with Gasteiger partial charge in [0.2, 0.25) is 0 Å². The minimum Gasteiger partial charge on any atom is -0.478 e. The van der Waals surface area contributed by atoms with Crippen LogP contribution in [0.5, 0.6) is 0 Å². The second kappa shape index (κ2) is 5.18. The molecule has 2 aromatic rings. The Morgan fingerprint density at radius 2 is 1.94 bits per heavy atom. The molecule has 4 nitrogen and oxygen atoms in total. The first kappa shape index (κ1) is 12.6. The lowest BCUT2D eigenvalue weighted by Crippen LogP contribution is -2.22. The zero-order valence-corrected chi connectivity index (χ0v) is 10.9. The Morgan fingerprint density at radius 1 is 1.28 bits per heavy atom. The Hall–Kier alpha value is -1.88. The van der Waals surface area contributed by atoms with Crippen LogP contribution in [0.15, 0.2) is 51.9 Å². The van der Waals surface area contributed by atoms with E-state index in [4.69, 9.17) is 5.11 Å². The number of aromatic carboxylic acids is 1. The van der Waals surface area contributed by atoms with Gasteiger partial charge >= 0.3 is 5.97 Å². The van der Waals surface area contributed by atoms with Gasteiger partial charge in [-0.25, -0.2) is 4.79 Å². The van der Waals surface area contributed by atoms with Gasteiger partial charge in [0, 0.05) is 6.20 Å². The molecule has 1 aromatic heterocycles. The minimum absolute atomic E-state index is 0.0809. The Kier molecular flexibility index (Phi) is 3.62. The number of nitrogens with zero attached hydrogens (tertiary/aromatic N) is 1. The highest BCUT2D eigenvalue weighted by Crippen LogP contribution is 2.09. The van der Waals surface area contributed by atoms with Crippen molar-refractivity contribution in [2.45, 2.75) is 6.54 Å². The highest BCUT2D eigenvalue weighted by atomic mass is 79.9. The Bertz CT molecular complexity index is 634. The average Bonchev–Trinajstić information content (AvgIpc) is 2.35. The van der Waals surface area contributed by atoms with Gasteiger partial charge < -0.3 is 9.67 Å². The molecule has 0 spiro atoms. The number of benzene rings is 1. The van der Waals surface area contributed by atoms with Crippen LogP contribution in [-0.2, 0) is 6.54 Å². The molecule has 0 radical (unpaired) electrons. The highest BCUT2D eigenvalue weighted by molar-refractivity contribution is 9.10. The fraction of sp³-hybridized carbons (Fsp3) is 0.0769. The minimum atomic E-state index is -1.06. The molecule has 0 saturated carbocycles. The van der Waals surface area contributed by atoms with E-state index in [1.165, 1.54) is 16.8 Å². The lowest BCUT2D eigenvalue weighted by Gasteiger charge is -2.07. The van der Waals surface area contributed by atoms with Gasteiger partial charge in [0.25, 0.3) is 5.56 Å². The summed E-state index contributed by atoms with van der Waals surface area (Å²) in [7, 11) is 0. The van der Waals surface area contributed by atoms with Gasteiger partial charge in [-0.3, -0.25) is 4.79 Å². The zero-order valence-electron chi connectivity index (χ0n) is 9.34. The molecular formula is C13H10BrNO3. The van der Waals surface area contributed by atoms with E-state index in [-0.39, 0.29) is 15.6 Å². The maximum atomic E-state index is 11.9. The molecule has 0 aliphatic carbocycles. The summed E-state index contributed by atoms with van der Waals surface area (Å²) in [6, 6.07) is 10.7. The molecular weight excluding hydrogens is 298 g/mol. The number of pyridine rings is 1. The fourth-order valence-electron chi connectivity index (χ4n) is 1.61. The number of carboxylic acids is 1. The molecule has 0 fully saturated rings. The summed E-state index contributed by atoms with van der Waals surface area (Å²) in [5, 5.41) is 8.95. The second-order valence-electron chi connectivity index (χ2n) is 3.80. The van der Waals surface area contributed by atoms with Crippen molar-refractivity contribution in [3.63, 3.8) is 0 Å². The summed E-state index contributed by atoms with van der Waals surface area (Å²) >= 11 is 3.08. The predicted octanol–water partition coefficient (Wildman–Crippen LogP) is 2.36. The Morgan fingerprint density at radius 3 is 2.56 bits per heavy atom. The summed E-state index contributed by atoms with van der Waals surface area (Å²) in [5.41, 5.74) is 0.773. The van der Waals surface area contributed by atoms with Gasteiger partial charge in [-0.15, -0.1) is 0 Å². The van der Waals surface area contributed by atoms with Crippen molar-refractivity contribution in [3.05, 3.63) is 68.5 Å². The van der Waals surface area contributed by atoms with Crippen LogP contribution in [0.1, 0.15) is 15.9 Å². The van der Waals surface area contributed by atoms with Crippen LogP contribution in [0, 0.1) is 0 Å². The number of hydrogen-bond donors (Lipinski definition) is 1. The average molecular weight is 308 g/mol. The van der Waals surface area contributed by atoms with Crippen LogP contribution in [0.2, 0.25) is 0 Å². The first-order valence-corrected chi connectivity index (χ1v) is 6.04. The molecule has 0 aliphatic rings. The van der Waals surface area contributed by atoms with Gasteiger partial charge in [-0.2, -0.15) is 0 Å². The van der Waals surface area contributed by atoms with Crippen LogP contribution >= 0.6 is 15.9 Å². The Balaban J connectivity index is 2.44. The van der Waals surface area contributed by atoms with Gasteiger partial charge in [-0.1, -0.05) is 30.3 Å². The van der Waals surface area contributed by atoms with E-state index in [0.717, 1.165) is 5.56 Å². The standard InChI is InChI=1S/C13H10BrNO3/c14-11-6-10(13(17)18)8-15(12(11)16)7-9-4-2-1-3-5-9/h1-6,8H,7H2,(H,17,18). The van der Waals surface area contributed by atoms with Crippen LogP contribution < -0.4 is 5.56 Å². The van der Waals surface area contributed by atoms with Crippen molar-refractivity contribution < 1.29 is 9.90 Å². The van der Waals surface area contributed by atoms with Crippen LogP contribution in [0.25, 0.3) is 0 Å². The largest absolute Gasteiger partial charge is 0.478 e. The zero-order chi connectivity index (χ0) is 13.1. The molecule has 0 aliphatic heterocycles. The van der Waals surface area contributed by atoms with Crippen molar-refractivity contribution in [3.8, 4) is 0 Å². The number of aromatic nitrogens is 1. The van der Waals surface area contributed by atoms with Crippen molar-refractivity contribution >= 4 is 21.9 Å². The molecule has 0 bridgehead atoms. The number of rotatable bonds is 3. The number of carboxylic acid groups (broad SMARTS) is 1. The molecule has 18 heavy (non-hydrogen) atoms. The number of carbonyl (C=O) groups is 1. The molecule has 0 atom stereocenters. The Labute approximate surface area is 112 Å². The molecule has 0 unspecified atom stereocenters.